The largest absolute Gasteiger partial charge is 0.488 e. The Hall–Kier alpha value is -2.79. The highest BCUT2D eigenvalue weighted by molar-refractivity contribution is 7.89. The molecule has 0 aromatic heterocycles. The molecule has 2 aliphatic heterocycles. The fourth-order valence-corrected chi connectivity index (χ4v) is 5.30. The highest BCUT2D eigenvalue weighted by atomic mass is 32.2. The Morgan fingerprint density at radius 2 is 1.85 bits per heavy atom. The average molecular weight is 498 g/mol. The Kier molecular flexibility index (Phi) is 6.77. The van der Waals surface area contributed by atoms with E-state index in [4.69, 9.17) is 4.74 Å². The van der Waals surface area contributed by atoms with Gasteiger partial charge in [-0.3, -0.25) is 0 Å². The van der Waals surface area contributed by atoms with Crippen LogP contribution in [0.2, 0.25) is 0 Å². The third-order valence-electron chi connectivity index (χ3n) is 6.28. The topological polar surface area (TPSA) is 79.0 Å². The molecule has 2 heterocycles. The molecular formula is C23H26F3N3O4S. The van der Waals surface area contributed by atoms with Crippen LogP contribution < -0.4 is 9.46 Å². The predicted octanol–water partition coefficient (Wildman–Crippen LogP) is 2.95. The molecule has 34 heavy (non-hydrogen) atoms. The van der Waals surface area contributed by atoms with Gasteiger partial charge in [0.2, 0.25) is 10.0 Å². The van der Waals surface area contributed by atoms with E-state index in [0.717, 1.165) is 0 Å². The number of ether oxygens (including phenoxy) is 1. The summed E-state index contributed by atoms with van der Waals surface area (Å²) < 4.78 is 77.8. The number of para-hydroxylation sites is 1. The number of nitrogens with one attached hydrogen (secondary N) is 1. The van der Waals surface area contributed by atoms with E-state index < -0.39 is 45.9 Å². The molecule has 184 valence electrons. The van der Waals surface area contributed by atoms with Crippen molar-refractivity contribution in [3.63, 3.8) is 0 Å². The zero-order valence-electron chi connectivity index (χ0n) is 18.8. The minimum atomic E-state index is -3.80. The minimum Gasteiger partial charge on any atom is -0.488 e. The van der Waals surface area contributed by atoms with Crippen LogP contribution in [0.3, 0.4) is 0 Å². The summed E-state index contributed by atoms with van der Waals surface area (Å²) in [5.74, 6) is -1.73. The number of alkyl halides is 1. The maximum absolute atomic E-state index is 15.7. The number of hydrogen-bond donors (Lipinski definition) is 1. The predicted molar refractivity (Wildman–Crippen MR) is 121 cm³/mol. The van der Waals surface area contributed by atoms with Gasteiger partial charge in [-0.15, -0.1) is 0 Å². The lowest BCUT2D eigenvalue weighted by Crippen LogP contribution is -2.52. The molecule has 1 N–H and O–H groups in total. The first-order valence-electron chi connectivity index (χ1n) is 11.0. The van der Waals surface area contributed by atoms with Crippen LogP contribution in [0.1, 0.15) is 12.5 Å². The zero-order chi connectivity index (χ0) is 24.6. The van der Waals surface area contributed by atoms with Crippen molar-refractivity contribution in [2.45, 2.75) is 31.6 Å². The van der Waals surface area contributed by atoms with E-state index in [0.29, 0.717) is 0 Å². The molecule has 0 radical (unpaired) electrons. The number of nitrogens with zero attached hydrogens (tertiary/aromatic N) is 2. The SMILES string of the molecule is CCS(=O)(=O)N[C@H]1[C@@H](F)CN2C(=O)N(C)CCOc3c(F)cccc3-c3cccc(c3F)C[C@@H]12. The number of carbonyl (C=O) groups excluding carboxylic acids is 1. The zero-order valence-corrected chi connectivity index (χ0v) is 19.6. The summed E-state index contributed by atoms with van der Waals surface area (Å²) in [5, 5.41) is 0. The van der Waals surface area contributed by atoms with Gasteiger partial charge in [-0.1, -0.05) is 30.3 Å². The highest BCUT2D eigenvalue weighted by Crippen LogP contribution is 2.36. The second-order valence-corrected chi connectivity index (χ2v) is 10.5. The Morgan fingerprint density at radius 3 is 2.59 bits per heavy atom. The van der Waals surface area contributed by atoms with Gasteiger partial charge < -0.3 is 14.5 Å². The van der Waals surface area contributed by atoms with Crippen LogP contribution in [0.15, 0.2) is 36.4 Å². The van der Waals surface area contributed by atoms with Gasteiger partial charge in [0.25, 0.3) is 0 Å². The molecule has 2 aromatic carbocycles. The number of fused-ring (bicyclic) bond motifs is 5. The molecule has 2 aromatic rings. The molecule has 3 atom stereocenters. The van der Waals surface area contributed by atoms with Crippen LogP contribution in [-0.2, 0) is 16.4 Å². The molecule has 0 spiro atoms. The second-order valence-electron chi connectivity index (χ2n) is 8.43. The quantitative estimate of drug-likeness (QED) is 0.708. The molecule has 1 fully saturated rings. The van der Waals surface area contributed by atoms with E-state index >= 15 is 8.78 Å². The van der Waals surface area contributed by atoms with Gasteiger partial charge in [-0.05, 0) is 25.0 Å². The standard InChI is InChI=1S/C23H26F3N3O4S/c1-3-34(31,32)27-21-18(25)13-29-19(21)12-14-6-4-7-15(20(14)26)16-8-5-9-17(24)22(16)33-11-10-28(2)23(29)30/h4-9,18-19,21,27H,3,10-13H2,1-2H3/t18-,19-,21-/m0/s1. The Morgan fingerprint density at radius 1 is 1.15 bits per heavy atom. The number of halogens is 3. The number of hydrogen-bond acceptors (Lipinski definition) is 4. The van der Waals surface area contributed by atoms with E-state index in [-0.39, 0.29) is 54.3 Å². The number of urea groups is 1. The van der Waals surface area contributed by atoms with E-state index in [1.165, 1.54) is 54.1 Å². The summed E-state index contributed by atoms with van der Waals surface area (Å²) in [6.07, 6.45) is -1.81. The summed E-state index contributed by atoms with van der Waals surface area (Å²) in [5.41, 5.74) is 0.452. The maximum atomic E-state index is 15.7. The van der Waals surface area contributed by atoms with Crippen molar-refractivity contribution in [1.82, 2.24) is 14.5 Å². The number of carbonyl (C=O) groups is 1. The van der Waals surface area contributed by atoms with Crippen LogP contribution in [0.5, 0.6) is 5.75 Å². The summed E-state index contributed by atoms with van der Waals surface area (Å²) >= 11 is 0. The van der Waals surface area contributed by atoms with Crippen LogP contribution >= 0.6 is 0 Å². The third-order valence-corrected chi connectivity index (χ3v) is 7.67. The van der Waals surface area contributed by atoms with Gasteiger partial charge in [-0.2, -0.15) is 0 Å². The van der Waals surface area contributed by atoms with Crippen molar-refractivity contribution < 1.29 is 31.1 Å². The molecule has 0 unspecified atom stereocenters. The third kappa shape index (κ3) is 4.58. The van der Waals surface area contributed by atoms with Crippen LogP contribution in [0.4, 0.5) is 18.0 Å². The lowest BCUT2D eigenvalue weighted by Gasteiger charge is -2.31. The first-order valence-corrected chi connectivity index (χ1v) is 12.6. The smallest absolute Gasteiger partial charge is 0.320 e. The highest BCUT2D eigenvalue weighted by Gasteiger charge is 2.47. The fourth-order valence-electron chi connectivity index (χ4n) is 4.41. The van der Waals surface area contributed by atoms with E-state index in [9.17, 15) is 17.6 Å². The molecule has 2 amide bonds. The monoisotopic (exact) mass is 497 g/mol. The number of sulfonamides is 1. The molecular weight excluding hydrogens is 471 g/mol. The maximum Gasteiger partial charge on any atom is 0.320 e. The molecule has 7 nitrogen and oxygen atoms in total. The van der Waals surface area contributed by atoms with Gasteiger partial charge in [0, 0.05) is 18.2 Å². The van der Waals surface area contributed by atoms with Gasteiger partial charge in [0.05, 0.1) is 30.9 Å². The molecule has 2 bridgehead atoms. The van der Waals surface area contributed by atoms with Crippen LogP contribution in [0.25, 0.3) is 11.1 Å². The van der Waals surface area contributed by atoms with Crippen molar-refractivity contribution in [3.05, 3.63) is 53.6 Å². The Bertz CT molecular complexity index is 1190. The fraction of sp³-hybridized carbons (Fsp3) is 0.435. The summed E-state index contributed by atoms with van der Waals surface area (Å²) in [4.78, 5) is 15.7. The van der Waals surface area contributed by atoms with Gasteiger partial charge >= 0.3 is 6.03 Å². The van der Waals surface area contributed by atoms with Gasteiger partial charge in [0.1, 0.15) is 18.6 Å². The van der Waals surface area contributed by atoms with Crippen molar-refractivity contribution in [1.29, 1.82) is 0 Å². The van der Waals surface area contributed by atoms with Gasteiger partial charge in [0.15, 0.2) is 11.6 Å². The molecule has 11 heteroatoms. The number of rotatable bonds is 3. The van der Waals surface area contributed by atoms with Crippen LogP contribution in [-0.4, -0.2) is 75.0 Å². The number of benzene rings is 2. The van der Waals surface area contributed by atoms with E-state index in [2.05, 4.69) is 4.72 Å². The summed E-state index contributed by atoms with van der Waals surface area (Å²) in [6.45, 7) is 1.05. The van der Waals surface area contributed by atoms with Crippen molar-refractivity contribution in [2.24, 2.45) is 0 Å². The Labute approximate surface area is 196 Å². The summed E-state index contributed by atoms with van der Waals surface area (Å²) in [6, 6.07) is 5.97. The van der Waals surface area contributed by atoms with Crippen molar-refractivity contribution >= 4 is 16.1 Å². The lowest BCUT2D eigenvalue weighted by atomic mass is 9.95. The number of likely N-dealkylation sites (N-methyl/N-ethyl adjacent to an activating group) is 1. The Balaban J connectivity index is 1.83. The second kappa shape index (κ2) is 9.46. The molecule has 2 aliphatic rings. The average Bonchev–Trinajstić information content (AvgIpc) is 3.09. The minimum absolute atomic E-state index is 0.0538. The van der Waals surface area contributed by atoms with E-state index in [1.807, 2.05) is 0 Å². The van der Waals surface area contributed by atoms with Crippen LogP contribution in [0, 0.1) is 11.6 Å². The lowest BCUT2D eigenvalue weighted by molar-refractivity contribution is 0.145. The molecule has 4 rings (SSSR count). The first kappa shape index (κ1) is 24.3. The summed E-state index contributed by atoms with van der Waals surface area (Å²) in [7, 11) is -2.31. The normalized spacial score (nSPS) is 23.3. The molecule has 1 saturated heterocycles. The van der Waals surface area contributed by atoms with Crippen molar-refractivity contribution in [3.8, 4) is 16.9 Å². The number of amides is 2. The first-order chi connectivity index (χ1) is 16.1. The van der Waals surface area contributed by atoms with E-state index in [1.54, 1.807) is 6.07 Å². The van der Waals surface area contributed by atoms with Crippen molar-refractivity contribution in [2.75, 3.05) is 32.5 Å². The molecule has 0 aliphatic carbocycles. The molecule has 0 saturated carbocycles. The van der Waals surface area contributed by atoms with Gasteiger partial charge in [-0.25, -0.2) is 31.1 Å².